The molecule has 1 aliphatic rings. The molecule has 0 aliphatic carbocycles. The molecular weight excluding hydrogens is 350 g/mol. The van der Waals surface area contributed by atoms with Crippen LogP contribution in [0.2, 0.25) is 5.02 Å². The molecule has 1 N–H and O–H groups in total. The average molecular weight is 372 g/mol. The van der Waals surface area contributed by atoms with Crippen LogP contribution in [0.5, 0.6) is 0 Å². The van der Waals surface area contributed by atoms with E-state index >= 15 is 0 Å². The second kappa shape index (κ2) is 8.03. The fourth-order valence-electron chi connectivity index (χ4n) is 3.13. The maximum absolute atomic E-state index is 5.99. The number of rotatable bonds is 6. The van der Waals surface area contributed by atoms with E-state index in [2.05, 4.69) is 15.2 Å². The summed E-state index contributed by atoms with van der Waals surface area (Å²) in [6.45, 7) is 5.73. The summed E-state index contributed by atoms with van der Waals surface area (Å²) < 4.78 is 7.25. The minimum absolute atomic E-state index is 0.721. The number of morpholine rings is 1. The Bertz CT molecular complexity index is 858. The minimum atomic E-state index is 0.721. The van der Waals surface area contributed by atoms with Gasteiger partial charge in [-0.3, -0.25) is 4.90 Å². The number of ether oxygens (including phenoxy) is 1. The second-order valence-electron chi connectivity index (χ2n) is 6.37. The molecule has 1 aliphatic heterocycles. The summed E-state index contributed by atoms with van der Waals surface area (Å²) in [6, 6.07) is 11.7. The van der Waals surface area contributed by atoms with E-state index in [0.29, 0.717) is 0 Å². The van der Waals surface area contributed by atoms with Crippen molar-refractivity contribution in [1.29, 1.82) is 0 Å². The first-order valence-corrected chi connectivity index (χ1v) is 9.32. The number of benzene rings is 1. The van der Waals surface area contributed by atoms with E-state index in [9.17, 15) is 0 Å². The Morgan fingerprint density at radius 1 is 1.08 bits per heavy atom. The van der Waals surface area contributed by atoms with E-state index in [1.807, 2.05) is 47.1 Å². The zero-order valence-electron chi connectivity index (χ0n) is 14.6. The standard InChI is InChI=1S/C19H22ClN5O/c20-16-4-2-15(3-5-16)17-14-22-19-7-6-18(23-25(17)19)21-8-1-9-24-10-12-26-13-11-24/h2-7,14H,1,8-13H2,(H,21,23). The first kappa shape index (κ1) is 17.3. The summed E-state index contributed by atoms with van der Waals surface area (Å²) in [5.41, 5.74) is 2.82. The molecule has 0 radical (unpaired) electrons. The first-order chi connectivity index (χ1) is 12.8. The van der Waals surface area contributed by atoms with Gasteiger partial charge in [0, 0.05) is 30.2 Å². The topological polar surface area (TPSA) is 54.7 Å². The summed E-state index contributed by atoms with van der Waals surface area (Å²) in [5.74, 6) is 0.854. The van der Waals surface area contributed by atoms with Crippen LogP contribution in [0, 0.1) is 0 Å². The van der Waals surface area contributed by atoms with Gasteiger partial charge >= 0.3 is 0 Å². The molecule has 1 aromatic carbocycles. The third-order valence-corrected chi connectivity index (χ3v) is 4.82. The third kappa shape index (κ3) is 3.98. The van der Waals surface area contributed by atoms with Gasteiger partial charge in [0.25, 0.3) is 0 Å². The van der Waals surface area contributed by atoms with E-state index in [-0.39, 0.29) is 0 Å². The highest BCUT2D eigenvalue weighted by Crippen LogP contribution is 2.22. The number of hydrogen-bond acceptors (Lipinski definition) is 5. The van der Waals surface area contributed by atoms with Crippen LogP contribution in [0.25, 0.3) is 16.9 Å². The van der Waals surface area contributed by atoms with Crippen molar-refractivity contribution in [1.82, 2.24) is 19.5 Å². The Hall–Kier alpha value is -2.15. The molecule has 136 valence electrons. The van der Waals surface area contributed by atoms with Crippen LogP contribution < -0.4 is 5.32 Å². The molecule has 4 rings (SSSR count). The van der Waals surface area contributed by atoms with Crippen molar-refractivity contribution in [2.24, 2.45) is 0 Å². The number of fused-ring (bicyclic) bond motifs is 1. The van der Waals surface area contributed by atoms with Crippen LogP contribution in [0.15, 0.2) is 42.6 Å². The largest absolute Gasteiger partial charge is 0.379 e. The number of hydrogen-bond donors (Lipinski definition) is 1. The molecule has 1 saturated heterocycles. The lowest BCUT2D eigenvalue weighted by Crippen LogP contribution is -2.37. The summed E-state index contributed by atoms with van der Waals surface area (Å²) in [6.07, 6.45) is 2.92. The van der Waals surface area contributed by atoms with Crippen LogP contribution in [0.4, 0.5) is 5.82 Å². The molecule has 0 spiro atoms. The van der Waals surface area contributed by atoms with Gasteiger partial charge in [0.1, 0.15) is 5.82 Å². The van der Waals surface area contributed by atoms with Gasteiger partial charge in [0.15, 0.2) is 5.65 Å². The van der Waals surface area contributed by atoms with Gasteiger partial charge in [-0.2, -0.15) is 0 Å². The van der Waals surface area contributed by atoms with Gasteiger partial charge in [-0.05, 0) is 37.2 Å². The van der Waals surface area contributed by atoms with Crippen molar-refractivity contribution in [3.05, 3.63) is 47.6 Å². The molecule has 26 heavy (non-hydrogen) atoms. The number of imidazole rings is 1. The van der Waals surface area contributed by atoms with Crippen molar-refractivity contribution >= 4 is 23.1 Å². The Kier molecular flexibility index (Phi) is 5.34. The highest BCUT2D eigenvalue weighted by Gasteiger charge is 2.10. The van der Waals surface area contributed by atoms with Crippen LogP contribution in [0.3, 0.4) is 0 Å². The van der Waals surface area contributed by atoms with E-state index in [4.69, 9.17) is 21.4 Å². The lowest BCUT2D eigenvalue weighted by Gasteiger charge is -2.26. The SMILES string of the molecule is Clc1ccc(-c2cnc3ccc(NCCCN4CCOCC4)nn23)cc1. The van der Waals surface area contributed by atoms with Gasteiger partial charge in [-0.1, -0.05) is 23.7 Å². The highest BCUT2D eigenvalue weighted by molar-refractivity contribution is 6.30. The monoisotopic (exact) mass is 371 g/mol. The van der Waals surface area contributed by atoms with E-state index in [1.54, 1.807) is 0 Å². The number of nitrogens with one attached hydrogen (secondary N) is 1. The minimum Gasteiger partial charge on any atom is -0.379 e. The average Bonchev–Trinajstić information content (AvgIpc) is 3.10. The van der Waals surface area contributed by atoms with Crippen molar-refractivity contribution in [2.45, 2.75) is 6.42 Å². The third-order valence-electron chi connectivity index (χ3n) is 4.56. The fraction of sp³-hybridized carbons (Fsp3) is 0.368. The fourth-order valence-corrected chi connectivity index (χ4v) is 3.25. The van der Waals surface area contributed by atoms with Crippen LogP contribution in [-0.2, 0) is 4.74 Å². The van der Waals surface area contributed by atoms with E-state index < -0.39 is 0 Å². The number of anilines is 1. The quantitative estimate of drug-likeness (QED) is 0.674. The van der Waals surface area contributed by atoms with Crippen molar-refractivity contribution < 1.29 is 4.74 Å². The molecule has 7 heteroatoms. The Balaban J connectivity index is 1.41. The van der Waals surface area contributed by atoms with Gasteiger partial charge < -0.3 is 10.1 Å². The van der Waals surface area contributed by atoms with Crippen molar-refractivity contribution in [3.8, 4) is 11.3 Å². The van der Waals surface area contributed by atoms with Crippen LogP contribution >= 0.6 is 11.6 Å². The molecule has 0 bridgehead atoms. The molecule has 1 fully saturated rings. The zero-order chi connectivity index (χ0) is 17.8. The number of halogens is 1. The maximum atomic E-state index is 5.99. The Labute approximate surface area is 157 Å². The molecule has 3 aromatic rings. The smallest absolute Gasteiger partial charge is 0.154 e. The first-order valence-electron chi connectivity index (χ1n) is 8.94. The van der Waals surface area contributed by atoms with E-state index in [0.717, 1.165) is 73.6 Å². The van der Waals surface area contributed by atoms with Crippen LogP contribution in [0.1, 0.15) is 6.42 Å². The molecule has 6 nitrogen and oxygen atoms in total. The van der Waals surface area contributed by atoms with Gasteiger partial charge in [0.2, 0.25) is 0 Å². The lowest BCUT2D eigenvalue weighted by molar-refractivity contribution is 0.0378. The zero-order valence-corrected chi connectivity index (χ0v) is 15.3. The van der Waals surface area contributed by atoms with Gasteiger partial charge in [-0.25, -0.2) is 9.50 Å². The summed E-state index contributed by atoms with van der Waals surface area (Å²) in [5, 5.41) is 8.83. The lowest BCUT2D eigenvalue weighted by atomic mass is 10.2. The van der Waals surface area contributed by atoms with E-state index in [1.165, 1.54) is 0 Å². The molecule has 0 saturated carbocycles. The van der Waals surface area contributed by atoms with Gasteiger partial charge in [-0.15, -0.1) is 5.10 Å². The summed E-state index contributed by atoms with van der Waals surface area (Å²) >= 11 is 5.99. The molecule has 0 unspecified atom stereocenters. The second-order valence-corrected chi connectivity index (χ2v) is 6.81. The van der Waals surface area contributed by atoms with Crippen molar-refractivity contribution in [3.63, 3.8) is 0 Å². The molecule has 3 heterocycles. The molecule has 2 aromatic heterocycles. The molecule has 0 amide bonds. The van der Waals surface area contributed by atoms with Crippen molar-refractivity contribution in [2.75, 3.05) is 44.7 Å². The normalized spacial score (nSPS) is 15.4. The van der Waals surface area contributed by atoms with Gasteiger partial charge in [0.05, 0.1) is 25.1 Å². The van der Waals surface area contributed by atoms with Crippen LogP contribution in [-0.4, -0.2) is 58.9 Å². The number of aromatic nitrogens is 3. The molecule has 0 atom stereocenters. The predicted molar refractivity (Wildman–Crippen MR) is 104 cm³/mol. The number of nitrogens with zero attached hydrogens (tertiary/aromatic N) is 4. The highest BCUT2D eigenvalue weighted by atomic mass is 35.5. The summed E-state index contributed by atoms with van der Waals surface area (Å²) in [4.78, 5) is 6.88. The Morgan fingerprint density at radius 2 is 1.88 bits per heavy atom. The summed E-state index contributed by atoms with van der Waals surface area (Å²) in [7, 11) is 0. The maximum Gasteiger partial charge on any atom is 0.154 e. The Morgan fingerprint density at radius 3 is 2.69 bits per heavy atom. The molecular formula is C19H22ClN5O. The predicted octanol–water partition coefficient (Wildman–Crippen LogP) is 3.18.